The van der Waals surface area contributed by atoms with Gasteiger partial charge in [0.1, 0.15) is 0 Å². The molecule has 3 rings (SSSR count). The summed E-state index contributed by atoms with van der Waals surface area (Å²) in [6, 6.07) is 11.6. The lowest BCUT2D eigenvalue weighted by molar-refractivity contribution is 0.0421. The van der Waals surface area contributed by atoms with Crippen LogP contribution >= 0.6 is 0 Å². The summed E-state index contributed by atoms with van der Waals surface area (Å²) in [7, 11) is 0. The molecule has 0 N–H and O–H groups in total. The Hall–Kier alpha value is -0.860. The van der Waals surface area contributed by atoms with E-state index in [1.54, 1.807) is 0 Å². The highest BCUT2D eigenvalue weighted by atomic mass is 15.3. The lowest BCUT2D eigenvalue weighted by atomic mass is 9.98. The van der Waals surface area contributed by atoms with Gasteiger partial charge < -0.3 is 4.90 Å². The number of rotatable bonds is 5. The molecule has 0 spiro atoms. The molecule has 1 atom stereocenters. The van der Waals surface area contributed by atoms with Gasteiger partial charge in [0.25, 0.3) is 0 Å². The van der Waals surface area contributed by atoms with Crippen molar-refractivity contribution in [3.8, 4) is 0 Å². The molecule has 1 saturated carbocycles. The smallest absolute Gasteiger partial charge is 0.0250 e. The molecular formula is C18H28N2. The van der Waals surface area contributed by atoms with Crippen LogP contribution in [0.2, 0.25) is 0 Å². The molecule has 2 fully saturated rings. The number of hydrogen-bond donors (Lipinski definition) is 0. The zero-order chi connectivity index (χ0) is 13.9. The third kappa shape index (κ3) is 3.62. The Morgan fingerprint density at radius 1 is 1.10 bits per heavy atom. The summed E-state index contributed by atoms with van der Waals surface area (Å²) in [5, 5.41) is 0. The quantitative estimate of drug-likeness (QED) is 0.812. The van der Waals surface area contributed by atoms with Gasteiger partial charge in [0.2, 0.25) is 0 Å². The Balaban J connectivity index is 1.61. The Labute approximate surface area is 123 Å². The summed E-state index contributed by atoms with van der Waals surface area (Å²) >= 11 is 0. The van der Waals surface area contributed by atoms with E-state index in [9.17, 15) is 0 Å². The monoisotopic (exact) mass is 272 g/mol. The molecule has 20 heavy (non-hydrogen) atoms. The van der Waals surface area contributed by atoms with Crippen molar-refractivity contribution in [1.29, 1.82) is 0 Å². The van der Waals surface area contributed by atoms with E-state index in [0.717, 1.165) is 18.4 Å². The second-order valence-corrected chi connectivity index (χ2v) is 6.97. The molecule has 1 heterocycles. The van der Waals surface area contributed by atoms with E-state index < -0.39 is 0 Å². The minimum atomic E-state index is 0.711. The first-order valence-electron chi connectivity index (χ1n) is 8.22. The molecule has 110 valence electrons. The van der Waals surface area contributed by atoms with Crippen LogP contribution in [0.4, 0.5) is 0 Å². The molecule has 0 radical (unpaired) electrons. The van der Waals surface area contributed by atoms with Gasteiger partial charge in [-0.05, 0) is 30.2 Å². The van der Waals surface area contributed by atoms with Crippen LogP contribution in [0, 0.1) is 11.8 Å². The van der Waals surface area contributed by atoms with Gasteiger partial charge in [-0.2, -0.15) is 0 Å². The number of benzene rings is 1. The zero-order valence-electron chi connectivity index (χ0n) is 13.0. The lowest BCUT2D eigenvalue weighted by Gasteiger charge is -2.43. The van der Waals surface area contributed by atoms with E-state index in [-0.39, 0.29) is 0 Å². The SMILES string of the molecule is CC(C)[C@H]1CN(CC2CC2)CCN1Cc1ccccc1. The van der Waals surface area contributed by atoms with Gasteiger partial charge in [0.15, 0.2) is 0 Å². The Bertz CT molecular complexity index is 411. The first kappa shape index (κ1) is 14.1. The van der Waals surface area contributed by atoms with Crippen molar-refractivity contribution in [2.24, 2.45) is 11.8 Å². The van der Waals surface area contributed by atoms with E-state index in [1.165, 1.54) is 44.6 Å². The third-order valence-electron chi connectivity index (χ3n) is 4.83. The van der Waals surface area contributed by atoms with E-state index in [2.05, 4.69) is 54.0 Å². The lowest BCUT2D eigenvalue weighted by Crippen LogP contribution is -2.55. The molecule has 1 aromatic rings. The number of nitrogens with zero attached hydrogens (tertiary/aromatic N) is 2. The van der Waals surface area contributed by atoms with E-state index in [1.807, 2.05) is 0 Å². The Morgan fingerprint density at radius 2 is 1.85 bits per heavy atom. The van der Waals surface area contributed by atoms with Gasteiger partial charge >= 0.3 is 0 Å². The van der Waals surface area contributed by atoms with Gasteiger partial charge in [-0.1, -0.05) is 44.2 Å². The maximum absolute atomic E-state index is 2.71. The van der Waals surface area contributed by atoms with Gasteiger partial charge in [-0.15, -0.1) is 0 Å². The maximum atomic E-state index is 2.71. The fourth-order valence-electron chi connectivity index (χ4n) is 3.39. The molecule has 1 aliphatic carbocycles. The minimum Gasteiger partial charge on any atom is -0.300 e. The van der Waals surface area contributed by atoms with Crippen LogP contribution in [0.15, 0.2) is 30.3 Å². The summed E-state index contributed by atoms with van der Waals surface area (Å²) in [6.07, 6.45) is 2.94. The van der Waals surface area contributed by atoms with Crippen LogP contribution in [-0.4, -0.2) is 42.0 Å². The molecule has 0 amide bonds. The molecule has 1 aliphatic heterocycles. The highest BCUT2D eigenvalue weighted by molar-refractivity contribution is 5.14. The van der Waals surface area contributed by atoms with Gasteiger partial charge in [-0.3, -0.25) is 4.90 Å². The van der Waals surface area contributed by atoms with Crippen LogP contribution in [0.3, 0.4) is 0 Å². The van der Waals surface area contributed by atoms with E-state index in [0.29, 0.717) is 6.04 Å². The number of hydrogen-bond acceptors (Lipinski definition) is 2. The predicted octanol–water partition coefficient (Wildman–Crippen LogP) is 3.24. The summed E-state index contributed by atoms with van der Waals surface area (Å²) in [5.41, 5.74) is 1.45. The first-order valence-corrected chi connectivity index (χ1v) is 8.22. The van der Waals surface area contributed by atoms with Crippen molar-refractivity contribution >= 4 is 0 Å². The zero-order valence-corrected chi connectivity index (χ0v) is 13.0. The van der Waals surface area contributed by atoms with Crippen molar-refractivity contribution in [3.05, 3.63) is 35.9 Å². The molecule has 2 nitrogen and oxygen atoms in total. The largest absolute Gasteiger partial charge is 0.300 e. The predicted molar refractivity (Wildman–Crippen MR) is 84.6 cm³/mol. The van der Waals surface area contributed by atoms with Crippen molar-refractivity contribution in [2.75, 3.05) is 26.2 Å². The summed E-state index contributed by atoms with van der Waals surface area (Å²) in [4.78, 5) is 5.41. The van der Waals surface area contributed by atoms with Crippen molar-refractivity contribution < 1.29 is 0 Å². The summed E-state index contributed by atoms with van der Waals surface area (Å²) < 4.78 is 0. The van der Waals surface area contributed by atoms with Crippen LogP contribution in [-0.2, 0) is 6.54 Å². The second-order valence-electron chi connectivity index (χ2n) is 6.97. The molecular weight excluding hydrogens is 244 g/mol. The van der Waals surface area contributed by atoms with Crippen molar-refractivity contribution in [3.63, 3.8) is 0 Å². The average molecular weight is 272 g/mol. The average Bonchev–Trinajstić information content (AvgIpc) is 3.25. The Kier molecular flexibility index (Phi) is 4.42. The van der Waals surface area contributed by atoms with E-state index >= 15 is 0 Å². The van der Waals surface area contributed by atoms with Crippen LogP contribution in [0.1, 0.15) is 32.3 Å². The van der Waals surface area contributed by atoms with E-state index in [4.69, 9.17) is 0 Å². The van der Waals surface area contributed by atoms with Crippen molar-refractivity contribution in [2.45, 2.75) is 39.3 Å². The van der Waals surface area contributed by atoms with Crippen LogP contribution in [0.5, 0.6) is 0 Å². The normalized spacial score (nSPS) is 25.2. The maximum Gasteiger partial charge on any atom is 0.0250 e. The topological polar surface area (TPSA) is 6.48 Å². The first-order chi connectivity index (χ1) is 9.72. The van der Waals surface area contributed by atoms with Crippen molar-refractivity contribution in [1.82, 2.24) is 9.80 Å². The van der Waals surface area contributed by atoms with Gasteiger partial charge in [-0.25, -0.2) is 0 Å². The van der Waals surface area contributed by atoms with Crippen LogP contribution in [0.25, 0.3) is 0 Å². The van der Waals surface area contributed by atoms with Gasteiger partial charge in [0.05, 0.1) is 0 Å². The minimum absolute atomic E-state index is 0.711. The molecule has 0 unspecified atom stereocenters. The number of piperazine rings is 1. The fraction of sp³-hybridized carbons (Fsp3) is 0.667. The molecule has 0 aromatic heterocycles. The Morgan fingerprint density at radius 3 is 2.50 bits per heavy atom. The molecule has 2 aliphatic rings. The molecule has 0 bridgehead atoms. The summed E-state index contributed by atoms with van der Waals surface area (Å²) in [6.45, 7) is 11.0. The molecule has 2 heteroatoms. The van der Waals surface area contributed by atoms with Gasteiger partial charge in [0, 0.05) is 38.8 Å². The summed E-state index contributed by atoms with van der Waals surface area (Å²) in [5.74, 6) is 1.75. The molecule has 1 saturated heterocycles. The van der Waals surface area contributed by atoms with Crippen LogP contribution < -0.4 is 0 Å². The second kappa shape index (κ2) is 6.28. The molecule has 1 aromatic carbocycles. The standard InChI is InChI=1S/C18H28N2/c1-15(2)18-14-19(12-17-8-9-17)10-11-20(18)13-16-6-4-3-5-7-16/h3-7,15,17-18H,8-14H2,1-2H3/t18-/m1/s1. The fourth-order valence-corrected chi connectivity index (χ4v) is 3.39. The highest BCUT2D eigenvalue weighted by Gasteiger charge is 2.32. The highest BCUT2D eigenvalue weighted by Crippen LogP contribution is 2.31. The third-order valence-corrected chi connectivity index (χ3v) is 4.83.